The standard InChI is InChI=1S/C15H23N5/c1-11-7-12(2)20-14(8-17-15(20)18-11)10-19-6-4-5-13(9-19)16-3/h7-8,13,16H,4-6,9-10H2,1-3H3. The molecule has 0 bridgehead atoms. The van der Waals surface area contributed by atoms with Crippen LogP contribution in [-0.2, 0) is 6.54 Å². The second-order valence-electron chi connectivity index (χ2n) is 5.79. The van der Waals surface area contributed by atoms with Crippen molar-refractivity contribution in [1.29, 1.82) is 0 Å². The lowest BCUT2D eigenvalue weighted by molar-refractivity contribution is 0.185. The number of nitrogens with one attached hydrogen (secondary N) is 1. The Morgan fingerprint density at radius 1 is 1.40 bits per heavy atom. The first-order valence-corrected chi connectivity index (χ1v) is 7.37. The lowest BCUT2D eigenvalue weighted by Crippen LogP contribution is -2.44. The van der Waals surface area contributed by atoms with Crippen molar-refractivity contribution in [2.45, 2.75) is 39.3 Å². The molecule has 20 heavy (non-hydrogen) atoms. The molecule has 1 N–H and O–H groups in total. The Hall–Kier alpha value is -1.46. The monoisotopic (exact) mass is 273 g/mol. The van der Waals surface area contributed by atoms with Gasteiger partial charge in [-0.05, 0) is 46.3 Å². The van der Waals surface area contributed by atoms with E-state index in [9.17, 15) is 0 Å². The molecule has 1 aliphatic rings. The van der Waals surface area contributed by atoms with Crippen LogP contribution in [-0.4, -0.2) is 45.4 Å². The van der Waals surface area contributed by atoms with Gasteiger partial charge >= 0.3 is 0 Å². The van der Waals surface area contributed by atoms with Crippen molar-refractivity contribution in [3.05, 3.63) is 29.3 Å². The Morgan fingerprint density at radius 3 is 3.05 bits per heavy atom. The summed E-state index contributed by atoms with van der Waals surface area (Å²) in [7, 11) is 2.05. The van der Waals surface area contributed by atoms with Crippen molar-refractivity contribution in [1.82, 2.24) is 24.6 Å². The summed E-state index contributed by atoms with van der Waals surface area (Å²) in [6.07, 6.45) is 4.51. The van der Waals surface area contributed by atoms with Crippen molar-refractivity contribution < 1.29 is 0 Å². The summed E-state index contributed by atoms with van der Waals surface area (Å²) in [5.41, 5.74) is 3.48. The van der Waals surface area contributed by atoms with Gasteiger partial charge in [0.1, 0.15) is 0 Å². The molecule has 1 saturated heterocycles. The van der Waals surface area contributed by atoms with Crippen LogP contribution in [0, 0.1) is 13.8 Å². The van der Waals surface area contributed by atoms with Gasteiger partial charge in [0, 0.05) is 30.5 Å². The van der Waals surface area contributed by atoms with Gasteiger partial charge in [-0.1, -0.05) is 0 Å². The summed E-state index contributed by atoms with van der Waals surface area (Å²) >= 11 is 0. The third-order valence-corrected chi connectivity index (χ3v) is 4.16. The van der Waals surface area contributed by atoms with E-state index in [-0.39, 0.29) is 0 Å². The molecule has 1 aliphatic heterocycles. The quantitative estimate of drug-likeness (QED) is 0.921. The number of hydrogen-bond donors (Lipinski definition) is 1. The zero-order valence-corrected chi connectivity index (χ0v) is 12.6. The van der Waals surface area contributed by atoms with Gasteiger partial charge in [-0.2, -0.15) is 0 Å². The number of hydrogen-bond acceptors (Lipinski definition) is 4. The van der Waals surface area contributed by atoms with Crippen LogP contribution in [0.5, 0.6) is 0 Å². The molecule has 1 unspecified atom stereocenters. The van der Waals surface area contributed by atoms with Crippen LogP contribution in [0.1, 0.15) is 29.9 Å². The van der Waals surface area contributed by atoms with Crippen LogP contribution < -0.4 is 5.32 Å². The first-order chi connectivity index (χ1) is 9.67. The van der Waals surface area contributed by atoms with E-state index in [2.05, 4.69) is 44.6 Å². The molecule has 0 aromatic carbocycles. The maximum absolute atomic E-state index is 4.50. The number of likely N-dealkylation sites (N-methyl/N-ethyl adjacent to an activating group) is 1. The number of fused-ring (bicyclic) bond motifs is 1. The number of nitrogens with zero attached hydrogens (tertiary/aromatic N) is 4. The molecular formula is C15H23N5. The Labute approximate surface area is 120 Å². The third-order valence-electron chi connectivity index (χ3n) is 4.16. The minimum Gasteiger partial charge on any atom is -0.316 e. The average molecular weight is 273 g/mol. The summed E-state index contributed by atoms with van der Waals surface area (Å²) in [5.74, 6) is 0.819. The minimum absolute atomic E-state index is 0.615. The van der Waals surface area contributed by atoms with E-state index in [4.69, 9.17) is 0 Å². The second-order valence-corrected chi connectivity index (χ2v) is 5.79. The normalized spacial score (nSPS) is 20.6. The van der Waals surface area contributed by atoms with Gasteiger partial charge in [0.25, 0.3) is 0 Å². The predicted molar refractivity (Wildman–Crippen MR) is 79.8 cm³/mol. The number of likely N-dealkylation sites (tertiary alicyclic amines) is 1. The van der Waals surface area contributed by atoms with Crippen LogP contribution in [0.4, 0.5) is 0 Å². The molecule has 3 heterocycles. The molecule has 0 radical (unpaired) electrons. The van der Waals surface area contributed by atoms with Crippen molar-refractivity contribution in [3.63, 3.8) is 0 Å². The van der Waals surface area contributed by atoms with Crippen molar-refractivity contribution >= 4 is 5.78 Å². The molecule has 2 aromatic heterocycles. The highest BCUT2D eigenvalue weighted by atomic mass is 15.2. The summed E-state index contributed by atoms with van der Waals surface area (Å²) in [6.45, 7) is 7.37. The van der Waals surface area contributed by atoms with Gasteiger partial charge < -0.3 is 5.32 Å². The maximum atomic E-state index is 4.50. The first kappa shape index (κ1) is 13.5. The smallest absolute Gasteiger partial charge is 0.234 e. The molecular weight excluding hydrogens is 250 g/mol. The zero-order valence-electron chi connectivity index (χ0n) is 12.6. The van der Waals surface area contributed by atoms with E-state index in [1.165, 1.54) is 30.8 Å². The van der Waals surface area contributed by atoms with E-state index in [0.717, 1.165) is 24.6 Å². The molecule has 2 aromatic rings. The highest BCUT2D eigenvalue weighted by Gasteiger charge is 2.20. The van der Waals surface area contributed by atoms with E-state index < -0.39 is 0 Å². The molecule has 0 aliphatic carbocycles. The molecule has 0 spiro atoms. The fourth-order valence-electron chi connectivity index (χ4n) is 3.17. The Kier molecular flexibility index (Phi) is 3.72. The maximum Gasteiger partial charge on any atom is 0.234 e. The minimum atomic E-state index is 0.615. The fraction of sp³-hybridized carbons (Fsp3) is 0.600. The highest BCUT2D eigenvalue weighted by molar-refractivity contribution is 5.35. The molecule has 108 valence electrons. The fourth-order valence-corrected chi connectivity index (χ4v) is 3.17. The van der Waals surface area contributed by atoms with E-state index >= 15 is 0 Å². The SMILES string of the molecule is CNC1CCCN(Cc2cnc3nc(C)cc(C)n23)C1. The van der Waals surface area contributed by atoms with Crippen molar-refractivity contribution in [3.8, 4) is 0 Å². The molecule has 5 heteroatoms. The number of piperidine rings is 1. The van der Waals surface area contributed by atoms with Gasteiger partial charge in [-0.15, -0.1) is 0 Å². The second kappa shape index (κ2) is 5.50. The first-order valence-electron chi connectivity index (χ1n) is 7.37. The molecule has 0 saturated carbocycles. The third kappa shape index (κ3) is 2.55. The van der Waals surface area contributed by atoms with Gasteiger partial charge in [0.05, 0.1) is 11.9 Å². The van der Waals surface area contributed by atoms with E-state index in [1.807, 2.05) is 13.1 Å². The van der Waals surface area contributed by atoms with Crippen molar-refractivity contribution in [2.24, 2.45) is 0 Å². The summed E-state index contributed by atoms with van der Waals surface area (Å²) < 4.78 is 2.18. The number of rotatable bonds is 3. The van der Waals surface area contributed by atoms with Crippen LogP contribution in [0.25, 0.3) is 5.78 Å². The molecule has 0 amide bonds. The Bertz CT molecular complexity index is 604. The predicted octanol–water partition coefficient (Wildman–Crippen LogP) is 1.53. The lowest BCUT2D eigenvalue weighted by atomic mass is 10.1. The Morgan fingerprint density at radius 2 is 2.25 bits per heavy atom. The summed E-state index contributed by atoms with van der Waals surface area (Å²) in [5, 5.41) is 3.39. The van der Waals surface area contributed by atoms with Crippen LogP contribution >= 0.6 is 0 Å². The van der Waals surface area contributed by atoms with Gasteiger partial charge in [-0.3, -0.25) is 9.30 Å². The highest BCUT2D eigenvalue weighted by Crippen LogP contribution is 2.16. The summed E-state index contributed by atoms with van der Waals surface area (Å²) in [6, 6.07) is 2.73. The van der Waals surface area contributed by atoms with E-state index in [0.29, 0.717) is 6.04 Å². The number of aryl methyl sites for hydroxylation is 2. The van der Waals surface area contributed by atoms with Gasteiger partial charge in [0.2, 0.25) is 5.78 Å². The van der Waals surface area contributed by atoms with Crippen LogP contribution in [0.3, 0.4) is 0 Å². The van der Waals surface area contributed by atoms with Crippen LogP contribution in [0.2, 0.25) is 0 Å². The number of imidazole rings is 1. The average Bonchev–Trinajstić information content (AvgIpc) is 2.82. The van der Waals surface area contributed by atoms with Crippen LogP contribution in [0.15, 0.2) is 12.3 Å². The Balaban J connectivity index is 1.84. The van der Waals surface area contributed by atoms with E-state index in [1.54, 1.807) is 0 Å². The topological polar surface area (TPSA) is 45.5 Å². The largest absolute Gasteiger partial charge is 0.316 e. The lowest BCUT2D eigenvalue weighted by Gasteiger charge is -2.32. The molecule has 1 fully saturated rings. The van der Waals surface area contributed by atoms with Crippen molar-refractivity contribution in [2.75, 3.05) is 20.1 Å². The number of aromatic nitrogens is 3. The van der Waals surface area contributed by atoms with Gasteiger partial charge in [0.15, 0.2) is 0 Å². The summed E-state index contributed by atoms with van der Waals surface area (Å²) in [4.78, 5) is 11.5. The molecule has 1 atom stereocenters. The molecule has 3 rings (SSSR count). The van der Waals surface area contributed by atoms with Gasteiger partial charge in [-0.25, -0.2) is 9.97 Å². The molecule has 5 nitrogen and oxygen atoms in total. The zero-order chi connectivity index (χ0) is 14.1.